The second kappa shape index (κ2) is 12.3. The van der Waals surface area contributed by atoms with Gasteiger partial charge in [-0.25, -0.2) is 0 Å². The molecule has 0 spiro atoms. The molecule has 0 aliphatic rings. The van der Waals surface area contributed by atoms with Crippen LogP contribution in [-0.4, -0.2) is 19.1 Å². The molecule has 0 aliphatic carbocycles. The zero-order valence-corrected chi connectivity index (χ0v) is 29.5. The zero-order chi connectivity index (χ0) is 33.7. The molecule has 0 unspecified atom stereocenters. The molecule has 0 atom stereocenters. The smallest absolute Gasteiger partial charge is 0.0543 e. The maximum Gasteiger partial charge on any atom is -0.0543 e. The van der Waals surface area contributed by atoms with Crippen LogP contribution in [0.4, 0.5) is 17.1 Å². The van der Waals surface area contributed by atoms with Crippen molar-refractivity contribution < 1.29 is 0 Å². The van der Waals surface area contributed by atoms with E-state index in [0.29, 0.717) is 14.5 Å². The summed E-state index contributed by atoms with van der Waals surface area (Å²) in [6, 6.07) is 70.8. The van der Waals surface area contributed by atoms with Gasteiger partial charge in [0, 0.05) is 16.5 Å². The summed E-state index contributed by atoms with van der Waals surface area (Å²) >= 11 is 0.369. The largest absolute Gasteiger partial charge is 0.0616 e. The summed E-state index contributed by atoms with van der Waals surface area (Å²) in [6.07, 6.45) is 0. The first-order chi connectivity index (χ1) is 25.3. The molecule has 0 radical (unpaired) electrons. The Morgan fingerprint density at radius 2 is 1.00 bits per heavy atom. The van der Waals surface area contributed by atoms with Crippen molar-refractivity contribution in [2.45, 2.75) is 0 Å². The van der Waals surface area contributed by atoms with Crippen LogP contribution in [0.5, 0.6) is 0 Å². The summed E-state index contributed by atoms with van der Waals surface area (Å²) < 4.78 is 5.34. The van der Waals surface area contributed by atoms with Crippen LogP contribution in [-0.2, 0) is 0 Å². The fraction of sp³-hybridized carbons (Fsp3) is 0. The minimum Gasteiger partial charge on any atom is -0.0616 e. The van der Waals surface area contributed by atoms with Crippen molar-refractivity contribution in [1.82, 2.24) is 4.57 Å². The van der Waals surface area contributed by atoms with Crippen molar-refractivity contribution in [1.29, 1.82) is 0 Å². The first-order valence-electron chi connectivity index (χ1n) is 17.4. The molecule has 0 aliphatic heterocycles. The van der Waals surface area contributed by atoms with E-state index in [2.05, 4.69) is 204 Å². The van der Waals surface area contributed by atoms with Crippen LogP contribution in [0, 0.1) is 0 Å². The molecule has 10 aromatic rings. The Bertz CT molecular complexity index is 2850. The minimum atomic E-state index is 0.369. The van der Waals surface area contributed by atoms with E-state index >= 15 is 0 Å². The van der Waals surface area contributed by atoms with E-state index in [1.54, 1.807) is 0 Å². The predicted molar refractivity (Wildman–Crippen MR) is 218 cm³/mol. The molecule has 0 saturated carbocycles. The van der Waals surface area contributed by atoms with Gasteiger partial charge in [-0.05, 0) is 18.2 Å². The summed E-state index contributed by atoms with van der Waals surface area (Å²) in [6.45, 7) is 0. The van der Waals surface area contributed by atoms with Crippen LogP contribution in [0.15, 0.2) is 194 Å². The molecule has 0 saturated heterocycles. The average molecular weight is 716 g/mol. The van der Waals surface area contributed by atoms with Crippen molar-refractivity contribution in [2.75, 3.05) is 4.90 Å². The second-order valence-electron chi connectivity index (χ2n) is 13.0. The Balaban J connectivity index is 1.16. The van der Waals surface area contributed by atoms with Gasteiger partial charge in [0.2, 0.25) is 0 Å². The molecule has 0 amide bonds. The van der Waals surface area contributed by atoms with Crippen LogP contribution >= 0.6 is 0 Å². The maximum atomic E-state index is 2.42. The molecule has 8 aromatic carbocycles. The van der Waals surface area contributed by atoms with E-state index in [9.17, 15) is 0 Å². The fourth-order valence-electron chi connectivity index (χ4n) is 7.62. The Morgan fingerprint density at radius 1 is 0.373 bits per heavy atom. The minimum absolute atomic E-state index is 0.369. The van der Waals surface area contributed by atoms with E-state index in [1.807, 2.05) is 0 Å². The summed E-state index contributed by atoms with van der Waals surface area (Å²) in [7, 11) is 0. The predicted octanol–water partition coefficient (Wildman–Crippen LogP) is 13.0. The van der Waals surface area contributed by atoms with Gasteiger partial charge < -0.3 is 4.57 Å². The Labute approximate surface area is 302 Å². The van der Waals surface area contributed by atoms with Crippen LogP contribution in [0.2, 0.25) is 0 Å². The number of rotatable bonds is 6. The van der Waals surface area contributed by atoms with Crippen LogP contribution in [0.25, 0.3) is 69.0 Å². The summed E-state index contributed by atoms with van der Waals surface area (Å²) in [5, 5.41) is 5.26. The van der Waals surface area contributed by atoms with E-state index in [0.717, 1.165) is 22.7 Å². The third-order valence-electron chi connectivity index (χ3n) is 10.00. The fourth-order valence-corrected chi connectivity index (χ4v) is 9.90. The molecule has 2 heterocycles. The Kier molecular flexibility index (Phi) is 7.20. The van der Waals surface area contributed by atoms with Crippen LogP contribution < -0.4 is 4.90 Å². The second-order valence-corrected chi connectivity index (χ2v) is 15.2. The topological polar surface area (TPSA) is 8.17 Å². The van der Waals surface area contributed by atoms with E-state index in [4.69, 9.17) is 0 Å². The number of fused-ring (bicyclic) bond motifs is 6. The quantitative estimate of drug-likeness (QED) is 0.156. The number of para-hydroxylation sites is 3. The summed E-state index contributed by atoms with van der Waals surface area (Å²) in [5.74, 6) is 0. The van der Waals surface area contributed by atoms with Gasteiger partial charge in [0.05, 0.1) is 5.52 Å². The number of hydrogen-bond acceptors (Lipinski definition) is 1. The standard InChI is InChI=1S/C48H32N2Se/c1-3-13-34(14-4-1)39-17-7-10-20-44(39)49(37-26-23-33(24-27-37)35-25-30-48-43(31-35)42-19-9-12-22-47(42)51-48)38-28-29-41-40-18-8-11-21-45(40)50(46(41)32-38)36-15-5-2-6-16-36/h1-32H. The first-order valence-corrected chi connectivity index (χ1v) is 19.1. The Morgan fingerprint density at radius 3 is 1.84 bits per heavy atom. The Hall–Kier alpha value is -6.12. The third kappa shape index (κ3) is 5.10. The van der Waals surface area contributed by atoms with Gasteiger partial charge in [-0.3, -0.25) is 0 Å². The number of benzene rings is 8. The van der Waals surface area contributed by atoms with E-state index < -0.39 is 0 Å². The van der Waals surface area contributed by atoms with E-state index in [1.165, 1.54) is 63.4 Å². The average Bonchev–Trinajstić information content (AvgIpc) is 3.74. The summed E-state index contributed by atoms with van der Waals surface area (Å²) in [4.78, 5) is 2.42. The molecule has 240 valence electrons. The first kappa shape index (κ1) is 29.8. The number of nitrogens with zero attached hydrogens (tertiary/aromatic N) is 2. The SMILES string of the molecule is c1ccc(-c2ccccc2N(c2ccc(-c3ccc4[se]c5ccccc5c4c3)cc2)c2ccc3c4ccccc4n(-c4ccccc4)c3c2)cc1. The maximum absolute atomic E-state index is 2.42. The van der Waals surface area contributed by atoms with Crippen molar-refractivity contribution in [3.8, 4) is 27.9 Å². The molecule has 51 heavy (non-hydrogen) atoms. The van der Waals surface area contributed by atoms with Gasteiger partial charge in [0.1, 0.15) is 0 Å². The molecular weight excluding hydrogens is 684 g/mol. The normalized spacial score (nSPS) is 11.5. The zero-order valence-electron chi connectivity index (χ0n) is 27.8. The van der Waals surface area contributed by atoms with Gasteiger partial charge in [-0.1, -0.05) is 72.8 Å². The number of anilines is 3. The van der Waals surface area contributed by atoms with Crippen LogP contribution in [0.3, 0.4) is 0 Å². The molecule has 2 aromatic heterocycles. The van der Waals surface area contributed by atoms with Crippen molar-refractivity contribution in [3.05, 3.63) is 194 Å². The molecule has 0 N–H and O–H groups in total. The van der Waals surface area contributed by atoms with Crippen molar-refractivity contribution in [2.24, 2.45) is 0 Å². The molecular formula is C48H32N2Se. The molecule has 0 fully saturated rings. The molecule has 10 rings (SSSR count). The van der Waals surface area contributed by atoms with Gasteiger partial charge in [0.25, 0.3) is 0 Å². The van der Waals surface area contributed by atoms with Crippen molar-refractivity contribution >= 4 is 72.7 Å². The molecule has 0 bridgehead atoms. The number of hydrogen-bond donors (Lipinski definition) is 0. The van der Waals surface area contributed by atoms with Gasteiger partial charge in [0.15, 0.2) is 0 Å². The van der Waals surface area contributed by atoms with Crippen molar-refractivity contribution in [3.63, 3.8) is 0 Å². The third-order valence-corrected chi connectivity index (χ3v) is 12.4. The van der Waals surface area contributed by atoms with Gasteiger partial charge in [-0.2, -0.15) is 0 Å². The monoisotopic (exact) mass is 716 g/mol. The van der Waals surface area contributed by atoms with Crippen LogP contribution in [0.1, 0.15) is 0 Å². The summed E-state index contributed by atoms with van der Waals surface area (Å²) in [5.41, 5.74) is 11.7. The molecule has 2 nitrogen and oxygen atoms in total. The number of aromatic nitrogens is 1. The van der Waals surface area contributed by atoms with Gasteiger partial charge >= 0.3 is 187 Å². The molecule has 3 heteroatoms. The van der Waals surface area contributed by atoms with E-state index in [-0.39, 0.29) is 0 Å². The van der Waals surface area contributed by atoms with Gasteiger partial charge in [-0.15, -0.1) is 0 Å².